The molecule has 0 unspecified atom stereocenters. The summed E-state index contributed by atoms with van der Waals surface area (Å²) < 4.78 is 1.81. The monoisotopic (exact) mass is 291 g/mol. The average molecular weight is 292 g/mol. The van der Waals surface area contributed by atoms with E-state index in [2.05, 4.69) is 27.8 Å². The van der Waals surface area contributed by atoms with E-state index < -0.39 is 0 Å². The first-order chi connectivity index (χ1) is 9.75. The van der Waals surface area contributed by atoms with Gasteiger partial charge in [-0.2, -0.15) is 4.68 Å². The van der Waals surface area contributed by atoms with Gasteiger partial charge in [0.15, 0.2) is 5.82 Å². The smallest absolute Gasteiger partial charge is 0.176 e. The van der Waals surface area contributed by atoms with Crippen LogP contribution < -0.4 is 5.32 Å². The third-order valence-corrected chi connectivity index (χ3v) is 4.16. The van der Waals surface area contributed by atoms with Gasteiger partial charge in [-0.25, -0.2) is 0 Å². The van der Waals surface area contributed by atoms with Crippen molar-refractivity contribution in [2.45, 2.75) is 38.1 Å². The highest BCUT2D eigenvalue weighted by molar-refractivity contribution is 6.30. The van der Waals surface area contributed by atoms with Crippen LogP contribution in [0, 0.1) is 0 Å². The molecule has 1 aromatic carbocycles. The molecular formula is C14H18ClN5. The van der Waals surface area contributed by atoms with Crippen LogP contribution in [-0.4, -0.2) is 26.8 Å². The third-order valence-electron chi connectivity index (χ3n) is 3.92. The molecule has 1 aliphatic carbocycles. The summed E-state index contributed by atoms with van der Waals surface area (Å²) in [5, 5.41) is 16.6. The first-order valence-electron chi connectivity index (χ1n) is 7.05. The summed E-state index contributed by atoms with van der Waals surface area (Å²) in [7, 11) is 0. The van der Waals surface area contributed by atoms with E-state index in [1.165, 1.54) is 12.8 Å². The average Bonchev–Trinajstić information content (AvgIpc) is 3.08. The molecule has 1 heterocycles. The lowest BCUT2D eigenvalue weighted by molar-refractivity contribution is 0.322. The molecule has 0 amide bonds. The van der Waals surface area contributed by atoms with Crippen molar-refractivity contribution in [2.75, 3.05) is 6.54 Å². The molecule has 0 saturated heterocycles. The zero-order chi connectivity index (χ0) is 14.0. The van der Waals surface area contributed by atoms with Gasteiger partial charge < -0.3 is 5.32 Å². The number of nitrogens with one attached hydrogen (secondary N) is 1. The number of aromatic nitrogens is 4. The van der Waals surface area contributed by atoms with Crippen LogP contribution >= 0.6 is 11.6 Å². The minimum atomic E-state index is -0.111. The van der Waals surface area contributed by atoms with Crippen molar-refractivity contribution in [1.29, 1.82) is 0 Å². The van der Waals surface area contributed by atoms with Gasteiger partial charge in [-0.15, -0.1) is 5.10 Å². The standard InChI is InChI=1S/C14H18ClN5/c1-2-16-14(8-3-4-9-14)13-17-18-19-20(13)12-7-5-6-11(15)10-12/h5-7,10,16H,2-4,8-9H2,1H3. The number of hydrogen-bond donors (Lipinski definition) is 1. The minimum Gasteiger partial charge on any atom is -0.305 e. The highest BCUT2D eigenvalue weighted by atomic mass is 35.5. The summed E-state index contributed by atoms with van der Waals surface area (Å²) in [6.07, 6.45) is 4.55. The van der Waals surface area contributed by atoms with E-state index in [9.17, 15) is 0 Å². The summed E-state index contributed by atoms with van der Waals surface area (Å²) in [5.74, 6) is 0.888. The van der Waals surface area contributed by atoms with Crippen LogP contribution in [0.15, 0.2) is 24.3 Å². The zero-order valence-corrected chi connectivity index (χ0v) is 12.3. The van der Waals surface area contributed by atoms with E-state index in [4.69, 9.17) is 11.6 Å². The summed E-state index contributed by atoms with van der Waals surface area (Å²) in [6, 6.07) is 7.62. The molecule has 0 aliphatic heterocycles. The lowest BCUT2D eigenvalue weighted by Gasteiger charge is -2.28. The molecule has 1 saturated carbocycles. The number of benzene rings is 1. The first-order valence-corrected chi connectivity index (χ1v) is 7.43. The number of nitrogens with zero attached hydrogens (tertiary/aromatic N) is 4. The van der Waals surface area contributed by atoms with E-state index in [1.807, 2.05) is 24.3 Å². The van der Waals surface area contributed by atoms with Crippen molar-refractivity contribution in [2.24, 2.45) is 0 Å². The van der Waals surface area contributed by atoms with Gasteiger partial charge in [0, 0.05) is 5.02 Å². The fourth-order valence-corrected chi connectivity index (χ4v) is 3.25. The van der Waals surface area contributed by atoms with E-state index in [0.29, 0.717) is 5.02 Å². The maximum Gasteiger partial charge on any atom is 0.176 e. The van der Waals surface area contributed by atoms with Crippen LogP contribution in [0.25, 0.3) is 5.69 Å². The van der Waals surface area contributed by atoms with Crippen LogP contribution in [0.1, 0.15) is 38.4 Å². The highest BCUT2D eigenvalue weighted by Crippen LogP contribution is 2.38. The van der Waals surface area contributed by atoms with Gasteiger partial charge in [0.25, 0.3) is 0 Å². The molecule has 2 aromatic rings. The van der Waals surface area contributed by atoms with Crippen molar-refractivity contribution >= 4 is 11.6 Å². The van der Waals surface area contributed by atoms with Crippen LogP contribution in [-0.2, 0) is 5.54 Å². The van der Waals surface area contributed by atoms with Gasteiger partial charge in [0.05, 0.1) is 11.2 Å². The summed E-state index contributed by atoms with van der Waals surface area (Å²) in [6.45, 7) is 3.02. The molecule has 6 heteroatoms. The zero-order valence-electron chi connectivity index (χ0n) is 11.5. The van der Waals surface area contributed by atoms with Gasteiger partial charge in [-0.1, -0.05) is 37.4 Å². The van der Waals surface area contributed by atoms with Gasteiger partial charge in [0.1, 0.15) is 0 Å². The van der Waals surface area contributed by atoms with E-state index >= 15 is 0 Å². The molecule has 1 aromatic heterocycles. The van der Waals surface area contributed by atoms with Crippen molar-refractivity contribution in [3.8, 4) is 5.69 Å². The van der Waals surface area contributed by atoms with E-state index in [-0.39, 0.29) is 5.54 Å². The fraction of sp³-hybridized carbons (Fsp3) is 0.500. The molecule has 0 bridgehead atoms. The van der Waals surface area contributed by atoms with Crippen molar-refractivity contribution < 1.29 is 0 Å². The number of hydrogen-bond acceptors (Lipinski definition) is 4. The summed E-state index contributed by atoms with van der Waals surface area (Å²) in [4.78, 5) is 0. The maximum absolute atomic E-state index is 6.07. The third kappa shape index (κ3) is 2.31. The molecule has 1 N–H and O–H groups in total. The second-order valence-corrected chi connectivity index (χ2v) is 5.65. The molecular weight excluding hydrogens is 274 g/mol. The lowest BCUT2D eigenvalue weighted by atomic mass is 9.96. The second-order valence-electron chi connectivity index (χ2n) is 5.21. The van der Waals surface area contributed by atoms with Gasteiger partial charge in [-0.05, 0) is 48.0 Å². The van der Waals surface area contributed by atoms with Crippen molar-refractivity contribution in [1.82, 2.24) is 25.5 Å². The molecule has 0 radical (unpaired) electrons. The molecule has 5 nitrogen and oxygen atoms in total. The summed E-state index contributed by atoms with van der Waals surface area (Å²) in [5.41, 5.74) is 0.794. The maximum atomic E-state index is 6.07. The summed E-state index contributed by atoms with van der Waals surface area (Å²) >= 11 is 6.07. The normalized spacial score (nSPS) is 17.5. The van der Waals surface area contributed by atoms with Crippen molar-refractivity contribution in [3.63, 3.8) is 0 Å². The molecule has 1 aliphatic rings. The number of halogens is 1. The highest BCUT2D eigenvalue weighted by Gasteiger charge is 2.39. The van der Waals surface area contributed by atoms with E-state index in [1.54, 1.807) is 4.68 Å². The fourth-order valence-electron chi connectivity index (χ4n) is 3.06. The van der Waals surface area contributed by atoms with Crippen LogP contribution in [0.4, 0.5) is 0 Å². The number of tetrazole rings is 1. The SMILES string of the molecule is CCNC1(c2nnnn2-c2cccc(Cl)c2)CCCC1. The Morgan fingerprint density at radius 3 is 2.85 bits per heavy atom. The van der Waals surface area contributed by atoms with Crippen LogP contribution in [0.3, 0.4) is 0 Å². The van der Waals surface area contributed by atoms with E-state index in [0.717, 1.165) is 30.9 Å². The Hall–Kier alpha value is -1.46. The Morgan fingerprint density at radius 2 is 2.15 bits per heavy atom. The quantitative estimate of drug-likeness (QED) is 0.941. The Morgan fingerprint density at radius 1 is 1.35 bits per heavy atom. The van der Waals surface area contributed by atoms with Gasteiger partial charge in [-0.3, -0.25) is 0 Å². The topological polar surface area (TPSA) is 55.6 Å². The molecule has 20 heavy (non-hydrogen) atoms. The molecule has 0 spiro atoms. The minimum absolute atomic E-state index is 0.111. The van der Waals surface area contributed by atoms with Crippen molar-refractivity contribution in [3.05, 3.63) is 35.1 Å². The second kappa shape index (κ2) is 5.50. The first kappa shape index (κ1) is 13.5. The Bertz CT molecular complexity index is 589. The van der Waals surface area contributed by atoms with Crippen LogP contribution in [0.5, 0.6) is 0 Å². The Balaban J connectivity index is 2.05. The molecule has 0 atom stereocenters. The lowest BCUT2D eigenvalue weighted by Crippen LogP contribution is -2.42. The van der Waals surface area contributed by atoms with Gasteiger partial charge in [0.2, 0.25) is 0 Å². The predicted octanol–water partition coefficient (Wildman–Crippen LogP) is 2.69. The number of rotatable bonds is 4. The van der Waals surface area contributed by atoms with Crippen LogP contribution in [0.2, 0.25) is 5.02 Å². The molecule has 3 rings (SSSR count). The largest absolute Gasteiger partial charge is 0.305 e. The predicted molar refractivity (Wildman–Crippen MR) is 78.0 cm³/mol. The Kier molecular flexibility index (Phi) is 3.72. The molecule has 106 valence electrons. The Labute approximate surface area is 123 Å². The molecule has 1 fully saturated rings. The van der Waals surface area contributed by atoms with Gasteiger partial charge >= 0.3 is 0 Å².